The molecule has 0 aliphatic carbocycles. The lowest BCUT2D eigenvalue weighted by atomic mass is 10.0. The molecule has 1 aliphatic heterocycles. The molecule has 9 nitrogen and oxygen atoms in total. The Morgan fingerprint density at radius 1 is 1.16 bits per heavy atom. The molecule has 0 amide bonds. The number of nitrogens with zero attached hydrogens (tertiary/aromatic N) is 5. The van der Waals surface area contributed by atoms with Gasteiger partial charge in [0.15, 0.2) is 0 Å². The van der Waals surface area contributed by atoms with Gasteiger partial charge in [-0.1, -0.05) is 6.07 Å². The molecule has 0 unspecified atom stereocenters. The van der Waals surface area contributed by atoms with E-state index in [1.165, 1.54) is 6.07 Å². The molecule has 0 bridgehead atoms. The highest BCUT2D eigenvalue weighted by Gasteiger charge is 2.33. The van der Waals surface area contributed by atoms with Gasteiger partial charge in [0.25, 0.3) is 0 Å². The van der Waals surface area contributed by atoms with Crippen molar-refractivity contribution in [3.05, 3.63) is 59.4 Å². The van der Waals surface area contributed by atoms with E-state index in [2.05, 4.69) is 11.1 Å². The van der Waals surface area contributed by atoms with Gasteiger partial charge in [-0.2, -0.15) is 5.26 Å². The molecule has 3 aromatic rings. The first kappa shape index (κ1) is 20.4. The van der Waals surface area contributed by atoms with Gasteiger partial charge in [-0.25, -0.2) is 9.78 Å². The zero-order valence-electron chi connectivity index (χ0n) is 16.9. The van der Waals surface area contributed by atoms with Gasteiger partial charge in [-0.3, -0.25) is 9.69 Å². The third kappa shape index (κ3) is 3.69. The molecule has 2 aromatic heterocycles. The fourth-order valence-electron chi connectivity index (χ4n) is 4.18. The van der Waals surface area contributed by atoms with Crippen molar-refractivity contribution in [2.45, 2.75) is 6.04 Å². The summed E-state index contributed by atoms with van der Waals surface area (Å²) < 4.78 is 1.76. The predicted octanol–water partition coefficient (Wildman–Crippen LogP) is 2.09. The minimum absolute atomic E-state index is 0.157. The minimum atomic E-state index is -1.03. The number of carboxylic acid groups (broad SMARTS) is 2. The average molecular weight is 419 g/mol. The van der Waals surface area contributed by atoms with Gasteiger partial charge in [0, 0.05) is 62.1 Å². The number of aryl methyl sites for hydroxylation is 1. The number of rotatable bonds is 5. The molecule has 3 heterocycles. The van der Waals surface area contributed by atoms with Crippen molar-refractivity contribution < 1.29 is 19.8 Å². The van der Waals surface area contributed by atoms with Crippen LogP contribution in [0.25, 0.3) is 10.9 Å². The van der Waals surface area contributed by atoms with E-state index in [9.17, 15) is 25.1 Å². The Hall–Kier alpha value is -3.90. The Bertz CT molecular complexity index is 1200. The Kier molecular flexibility index (Phi) is 5.31. The van der Waals surface area contributed by atoms with Crippen LogP contribution < -0.4 is 4.90 Å². The fraction of sp³-hybridized carbons (Fsp3) is 0.273. The molecule has 2 N–H and O–H groups in total. The third-order valence-corrected chi connectivity index (χ3v) is 5.68. The van der Waals surface area contributed by atoms with Crippen LogP contribution in [0.2, 0.25) is 0 Å². The molecular weight excluding hydrogens is 398 g/mol. The summed E-state index contributed by atoms with van der Waals surface area (Å²) >= 11 is 0. The Morgan fingerprint density at radius 2 is 1.90 bits per heavy atom. The molecule has 1 fully saturated rings. The van der Waals surface area contributed by atoms with E-state index in [1.54, 1.807) is 48.3 Å². The van der Waals surface area contributed by atoms with Crippen LogP contribution in [0.3, 0.4) is 0 Å². The standard InChI is InChI=1S/C22H21N5O4/c1-25-13-17(16-5-4-14(21(28)29)11-18(16)25)19(22(30)31)26-7-9-27(10-8-26)20-15(12-23)3-2-6-24-20/h2-6,11,13,19H,7-10H2,1H3,(H,28,29)(H,30,31)/t19-/m0/s1. The number of carboxylic acids is 2. The van der Waals surface area contributed by atoms with Crippen LogP contribution in [0.1, 0.15) is 27.5 Å². The number of nitriles is 1. The first-order chi connectivity index (χ1) is 14.9. The first-order valence-corrected chi connectivity index (χ1v) is 9.80. The molecule has 1 atom stereocenters. The molecular formula is C22H21N5O4. The molecule has 158 valence electrons. The number of piperazine rings is 1. The lowest BCUT2D eigenvalue weighted by Crippen LogP contribution is -2.49. The maximum atomic E-state index is 12.3. The fourth-order valence-corrected chi connectivity index (χ4v) is 4.18. The van der Waals surface area contributed by atoms with Crippen molar-refractivity contribution in [3.8, 4) is 6.07 Å². The summed E-state index contributed by atoms with van der Waals surface area (Å²) in [5.41, 5.74) is 1.95. The van der Waals surface area contributed by atoms with Crippen molar-refractivity contribution in [1.29, 1.82) is 5.26 Å². The Balaban J connectivity index is 1.62. The van der Waals surface area contributed by atoms with Crippen molar-refractivity contribution in [2.24, 2.45) is 7.05 Å². The van der Waals surface area contributed by atoms with E-state index in [0.717, 1.165) is 5.39 Å². The Labute approximate surface area is 178 Å². The van der Waals surface area contributed by atoms with Crippen molar-refractivity contribution in [2.75, 3.05) is 31.1 Å². The van der Waals surface area contributed by atoms with Gasteiger partial charge in [0.2, 0.25) is 0 Å². The second-order valence-corrected chi connectivity index (χ2v) is 7.48. The quantitative estimate of drug-likeness (QED) is 0.645. The monoisotopic (exact) mass is 419 g/mol. The molecule has 0 saturated carbocycles. The van der Waals surface area contributed by atoms with E-state index in [1.807, 2.05) is 9.80 Å². The number of hydrogen-bond acceptors (Lipinski definition) is 6. The summed E-state index contributed by atoms with van der Waals surface area (Å²) in [7, 11) is 1.78. The van der Waals surface area contributed by atoms with Crippen molar-refractivity contribution >= 4 is 28.7 Å². The lowest BCUT2D eigenvalue weighted by Gasteiger charge is -2.38. The number of fused-ring (bicyclic) bond motifs is 1. The topological polar surface area (TPSA) is 123 Å². The molecule has 9 heteroatoms. The van der Waals surface area contributed by atoms with E-state index in [0.29, 0.717) is 48.6 Å². The highest BCUT2D eigenvalue weighted by atomic mass is 16.4. The zero-order valence-corrected chi connectivity index (χ0v) is 16.9. The van der Waals surface area contributed by atoms with E-state index < -0.39 is 18.0 Å². The number of benzene rings is 1. The molecule has 0 radical (unpaired) electrons. The van der Waals surface area contributed by atoms with Gasteiger partial charge < -0.3 is 19.7 Å². The van der Waals surface area contributed by atoms with Crippen molar-refractivity contribution in [3.63, 3.8) is 0 Å². The summed E-state index contributed by atoms with van der Waals surface area (Å²) in [6.45, 7) is 2.07. The zero-order chi connectivity index (χ0) is 22.1. The van der Waals surface area contributed by atoms with E-state index in [4.69, 9.17) is 0 Å². The van der Waals surface area contributed by atoms with Crippen LogP contribution in [-0.2, 0) is 11.8 Å². The van der Waals surface area contributed by atoms with Crippen LogP contribution in [-0.4, -0.2) is 62.8 Å². The van der Waals surface area contributed by atoms with Gasteiger partial charge in [-0.05, 0) is 24.3 Å². The lowest BCUT2D eigenvalue weighted by molar-refractivity contribution is -0.143. The largest absolute Gasteiger partial charge is 0.480 e. The third-order valence-electron chi connectivity index (χ3n) is 5.68. The molecule has 0 spiro atoms. The van der Waals surface area contributed by atoms with Gasteiger partial charge in [0.05, 0.1) is 11.1 Å². The predicted molar refractivity (Wildman–Crippen MR) is 113 cm³/mol. The highest BCUT2D eigenvalue weighted by Crippen LogP contribution is 2.32. The molecule has 1 aliphatic rings. The molecule has 1 saturated heterocycles. The van der Waals surface area contributed by atoms with Crippen LogP contribution in [0.4, 0.5) is 5.82 Å². The van der Waals surface area contributed by atoms with Gasteiger partial charge in [-0.15, -0.1) is 0 Å². The molecule has 4 rings (SSSR count). The van der Waals surface area contributed by atoms with Gasteiger partial charge in [0.1, 0.15) is 17.9 Å². The van der Waals surface area contributed by atoms with E-state index in [-0.39, 0.29) is 5.56 Å². The number of aromatic carboxylic acids is 1. The molecule has 31 heavy (non-hydrogen) atoms. The summed E-state index contributed by atoms with van der Waals surface area (Å²) in [5.74, 6) is -1.37. The highest BCUT2D eigenvalue weighted by molar-refractivity contribution is 5.96. The second-order valence-electron chi connectivity index (χ2n) is 7.48. The second kappa shape index (κ2) is 8.08. The number of aromatic nitrogens is 2. The van der Waals surface area contributed by atoms with E-state index >= 15 is 0 Å². The normalized spacial score (nSPS) is 15.5. The van der Waals surface area contributed by atoms with Crippen LogP contribution in [0.5, 0.6) is 0 Å². The SMILES string of the molecule is Cn1cc([C@@H](C(=O)O)N2CCN(c3ncccc3C#N)CC2)c2ccc(C(=O)O)cc21. The number of aliphatic carboxylic acids is 1. The van der Waals surface area contributed by atoms with Crippen molar-refractivity contribution in [1.82, 2.24) is 14.5 Å². The number of anilines is 1. The number of carbonyl (C=O) groups is 2. The Morgan fingerprint density at radius 3 is 2.55 bits per heavy atom. The summed E-state index contributed by atoms with van der Waals surface area (Å²) in [4.78, 5) is 31.8. The molecule has 1 aromatic carbocycles. The summed E-state index contributed by atoms with van der Waals surface area (Å²) in [5, 5.41) is 29.3. The maximum Gasteiger partial charge on any atom is 0.335 e. The smallest absolute Gasteiger partial charge is 0.335 e. The van der Waals surface area contributed by atoms with Gasteiger partial charge >= 0.3 is 11.9 Å². The number of hydrogen-bond donors (Lipinski definition) is 2. The van der Waals surface area contributed by atoms with Crippen LogP contribution in [0.15, 0.2) is 42.7 Å². The maximum absolute atomic E-state index is 12.3. The van der Waals surface area contributed by atoms with Crippen LogP contribution >= 0.6 is 0 Å². The number of pyridine rings is 1. The summed E-state index contributed by atoms with van der Waals surface area (Å²) in [6.07, 6.45) is 3.40. The minimum Gasteiger partial charge on any atom is -0.480 e. The average Bonchev–Trinajstić information content (AvgIpc) is 3.09. The first-order valence-electron chi connectivity index (χ1n) is 9.80. The summed E-state index contributed by atoms with van der Waals surface area (Å²) in [6, 6.07) is 9.45. The van der Waals surface area contributed by atoms with Crippen LogP contribution in [0, 0.1) is 11.3 Å².